The van der Waals surface area contributed by atoms with E-state index in [-0.39, 0.29) is 16.7 Å². The summed E-state index contributed by atoms with van der Waals surface area (Å²) in [6.07, 6.45) is 0.970. The molecular formula is C15H22ClN3O2. The molecule has 2 rings (SSSR count). The Balaban J connectivity index is 2.44. The highest BCUT2D eigenvalue weighted by Crippen LogP contribution is 2.37. The van der Waals surface area contributed by atoms with Crippen LogP contribution in [-0.2, 0) is 0 Å². The number of nitro groups is 1. The summed E-state index contributed by atoms with van der Waals surface area (Å²) >= 11 is 6.10. The van der Waals surface area contributed by atoms with E-state index in [1.54, 1.807) is 12.1 Å². The molecule has 0 spiro atoms. The number of hydrogen-bond acceptors (Lipinski definition) is 4. The summed E-state index contributed by atoms with van der Waals surface area (Å²) < 4.78 is 0. The van der Waals surface area contributed by atoms with Crippen molar-refractivity contribution in [2.24, 2.45) is 5.92 Å². The summed E-state index contributed by atoms with van der Waals surface area (Å²) in [5.41, 5.74) is 0.909. The van der Waals surface area contributed by atoms with E-state index in [4.69, 9.17) is 11.6 Å². The molecule has 0 aromatic heterocycles. The highest BCUT2D eigenvalue weighted by molar-refractivity contribution is 6.30. The van der Waals surface area contributed by atoms with Gasteiger partial charge in [0.1, 0.15) is 0 Å². The Kier molecular flexibility index (Phi) is 5.56. The number of piperazine rings is 1. The van der Waals surface area contributed by atoms with Crippen molar-refractivity contribution in [3.63, 3.8) is 0 Å². The largest absolute Gasteiger partial charge is 0.314 e. The highest BCUT2D eigenvalue weighted by atomic mass is 35.5. The minimum Gasteiger partial charge on any atom is -0.314 e. The molecule has 0 radical (unpaired) electrons. The van der Waals surface area contributed by atoms with Crippen LogP contribution in [0.2, 0.25) is 5.02 Å². The van der Waals surface area contributed by atoms with Crippen LogP contribution in [0.5, 0.6) is 0 Å². The minimum atomic E-state index is -0.302. The average Bonchev–Trinajstić information content (AvgIpc) is 2.48. The Hall–Kier alpha value is -1.17. The van der Waals surface area contributed by atoms with Crippen molar-refractivity contribution in [2.45, 2.75) is 26.3 Å². The monoisotopic (exact) mass is 311 g/mol. The lowest BCUT2D eigenvalue weighted by molar-refractivity contribution is -0.386. The Morgan fingerprint density at radius 1 is 1.43 bits per heavy atom. The summed E-state index contributed by atoms with van der Waals surface area (Å²) in [5, 5.41) is 15.2. The van der Waals surface area contributed by atoms with Gasteiger partial charge in [0.25, 0.3) is 5.69 Å². The predicted molar refractivity (Wildman–Crippen MR) is 84.7 cm³/mol. The molecule has 6 heteroatoms. The molecule has 116 valence electrons. The lowest BCUT2D eigenvalue weighted by Gasteiger charge is -2.38. The van der Waals surface area contributed by atoms with Crippen LogP contribution >= 0.6 is 11.6 Å². The summed E-state index contributed by atoms with van der Waals surface area (Å²) in [4.78, 5) is 13.4. The van der Waals surface area contributed by atoms with E-state index in [0.717, 1.165) is 38.2 Å². The van der Waals surface area contributed by atoms with Crippen molar-refractivity contribution in [2.75, 3.05) is 26.2 Å². The molecule has 5 nitrogen and oxygen atoms in total. The van der Waals surface area contributed by atoms with Gasteiger partial charge in [0.2, 0.25) is 0 Å². The fourth-order valence-electron chi connectivity index (χ4n) is 2.98. The minimum absolute atomic E-state index is 0.0381. The zero-order valence-corrected chi connectivity index (χ0v) is 13.3. The third-order valence-corrected chi connectivity index (χ3v) is 4.47. The van der Waals surface area contributed by atoms with E-state index in [9.17, 15) is 10.1 Å². The van der Waals surface area contributed by atoms with E-state index in [0.29, 0.717) is 10.9 Å². The third kappa shape index (κ3) is 3.73. The smallest absolute Gasteiger partial charge is 0.274 e. The third-order valence-electron chi connectivity index (χ3n) is 4.23. The molecule has 1 fully saturated rings. The number of rotatable bonds is 5. The predicted octanol–water partition coefficient (Wildman–Crippen LogP) is 3.24. The first-order valence-corrected chi connectivity index (χ1v) is 7.81. The number of benzene rings is 1. The van der Waals surface area contributed by atoms with Crippen molar-refractivity contribution in [3.05, 3.63) is 38.9 Å². The molecule has 21 heavy (non-hydrogen) atoms. The fourth-order valence-corrected chi connectivity index (χ4v) is 3.16. The lowest BCUT2D eigenvalue weighted by Crippen LogP contribution is -2.46. The molecule has 1 unspecified atom stereocenters. The van der Waals surface area contributed by atoms with Gasteiger partial charge in [-0.1, -0.05) is 31.9 Å². The summed E-state index contributed by atoms with van der Waals surface area (Å²) in [5.74, 6) is 0.334. The van der Waals surface area contributed by atoms with Gasteiger partial charge in [-0.25, -0.2) is 0 Å². The molecule has 0 saturated carbocycles. The molecule has 1 aromatic rings. The highest BCUT2D eigenvalue weighted by Gasteiger charge is 2.31. The quantitative estimate of drug-likeness (QED) is 0.670. The molecule has 1 aliphatic rings. The Labute approximate surface area is 130 Å². The molecule has 2 atom stereocenters. The van der Waals surface area contributed by atoms with Crippen molar-refractivity contribution < 1.29 is 4.92 Å². The first-order valence-electron chi connectivity index (χ1n) is 7.43. The van der Waals surface area contributed by atoms with Crippen LogP contribution in [0.15, 0.2) is 18.2 Å². The zero-order valence-electron chi connectivity index (χ0n) is 12.5. The first kappa shape index (κ1) is 16.2. The normalized spacial score (nSPS) is 19.2. The second-order valence-corrected chi connectivity index (χ2v) is 6.01. The van der Waals surface area contributed by atoms with Crippen molar-refractivity contribution >= 4 is 17.3 Å². The van der Waals surface area contributed by atoms with Gasteiger partial charge in [-0.3, -0.25) is 15.0 Å². The Morgan fingerprint density at radius 2 is 2.10 bits per heavy atom. The van der Waals surface area contributed by atoms with Gasteiger partial charge in [-0.15, -0.1) is 0 Å². The van der Waals surface area contributed by atoms with Gasteiger partial charge in [-0.2, -0.15) is 0 Å². The number of nitro benzene ring substituents is 1. The van der Waals surface area contributed by atoms with Gasteiger partial charge in [0.05, 0.1) is 4.92 Å². The molecule has 0 bridgehead atoms. The van der Waals surface area contributed by atoms with Gasteiger partial charge >= 0.3 is 0 Å². The maximum Gasteiger partial charge on any atom is 0.274 e. The Morgan fingerprint density at radius 3 is 2.67 bits per heavy atom. The number of nitrogens with one attached hydrogen (secondary N) is 1. The van der Waals surface area contributed by atoms with Crippen LogP contribution in [0.3, 0.4) is 0 Å². The standard InChI is InChI=1S/C15H22ClN3O2/c1-3-11(2)15(18-8-6-17-7-9-18)13-10-12(16)4-5-14(13)19(20)21/h4-5,10-11,15,17H,3,6-9H2,1-2H3/t11?,15-/m1/s1. The van der Waals surface area contributed by atoms with Gasteiger partial charge in [0, 0.05) is 48.9 Å². The van der Waals surface area contributed by atoms with E-state index in [1.807, 2.05) is 0 Å². The van der Waals surface area contributed by atoms with Crippen LogP contribution in [0.1, 0.15) is 31.9 Å². The fraction of sp³-hybridized carbons (Fsp3) is 0.600. The zero-order chi connectivity index (χ0) is 15.4. The molecule has 1 heterocycles. The first-order chi connectivity index (χ1) is 10.0. The molecule has 1 N–H and O–H groups in total. The van der Waals surface area contributed by atoms with Crippen LogP contribution in [0, 0.1) is 16.0 Å². The molecule has 1 saturated heterocycles. The summed E-state index contributed by atoms with van der Waals surface area (Å²) in [7, 11) is 0. The summed E-state index contributed by atoms with van der Waals surface area (Å²) in [6.45, 7) is 7.91. The lowest BCUT2D eigenvalue weighted by atomic mass is 9.89. The maximum atomic E-state index is 11.4. The van der Waals surface area contributed by atoms with Crippen LogP contribution < -0.4 is 5.32 Å². The molecular weight excluding hydrogens is 290 g/mol. The average molecular weight is 312 g/mol. The SMILES string of the molecule is CCC(C)[C@H](c1cc(Cl)ccc1[N+](=O)[O-])N1CCNCC1. The second-order valence-electron chi connectivity index (χ2n) is 5.58. The van der Waals surface area contributed by atoms with E-state index < -0.39 is 0 Å². The van der Waals surface area contributed by atoms with Crippen molar-refractivity contribution in [1.29, 1.82) is 0 Å². The van der Waals surface area contributed by atoms with Crippen LogP contribution in [-0.4, -0.2) is 36.0 Å². The number of hydrogen-bond donors (Lipinski definition) is 1. The van der Waals surface area contributed by atoms with Gasteiger partial charge < -0.3 is 5.32 Å². The van der Waals surface area contributed by atoms with Crippen LogP contribution in [0.4, 0.5) is 5.69 Å². The summed E-state index contributed by atoms with van der Waals surface area (Å²) in [6, 6.07) is 4.92. The molecule has 0 amide bonds. The van der Waals surface area contributed by atoms with E-state index >= 15 is 0 Å². The Bertz CT molecular complexity index is 504. The van der Waals surface area contributed by atoms with Crippen molar-refractivity contribution in [1.82, 2.24) is 10.2 Å². The van der Waals surface area contributed by atoms with Gasteiger partial charge in [0.15, 0.2) is 0 Å². The topological polar surface area (TPSA) is 58.4 Å². The second kappa shape index (κ2) is 7.20. The van der Waals surface area contributed by atoms with Crippen LogP contribution in [0.25, 0.3) is 0 Å². The number of halogens is 1. The molecule has 1 aromatic carbocycles. The molecule has 0 aliphatic carbocycles. The molecule has 1 aliphatic heterocycles. The van der Waals surface area contributed by atoms with E-state index in [1.165, 1.54) is 6.07 Å². The van der Waals surface area contributed by atoms with Crippen molar-refractivity contribution in [3.8, 4) is 0 Å². The number of nitrogens with zero attached hydrogens (tertiary/aromatic N) is 2. The maximum absolute atomic E-state index is 11.4. The van der Waals surface area contributed by atoms with Gasteiger partial charge in [-0.05, 0) is 18.1 Å². The van der Waals surface area contributed by atoms with E-state index in [2.05, 4.69) is 24.1 Å².